The van der Waals surface area contributed by atoms with Gasteiger partial charge in [-0.2, -0.15) is 0 Å². The summed E-state index contributed by atoms with van der Waals surface area (Å²) in [5.41, 5.74) is 3.18. The van der Waals surface area contributed by atoms with Crippen LogP contribution in [0.15, 0.2) is 36.4 Å². The molecule has 0 aliphatic heterocycles. The first-order valence-corrected chi connectivity index (χ1v) is 22.9. The molecule has 0 saturated carbocycles. The predicted octanol–water partition coefficient (Wildman–Crippen LogP) is 12.7. The van der Waals surface area contributed by atoms with Crippen LogP contribution < -0.4 is 4.74 Å². The molecule has 4 N–H and O–H groups in total. The molecule has 9 heteroatoms. The van der Waals surface area contributed by atoms with E-state index in [1.807, 2.05) is 12.1 Å². The van der Waals surface area contributed by atoms with Crippen LogP contribution in [0, 0.1) is 28.6 Å². The van der Waals surface area contributed by atoms with Crippen molar-refractivity contribution in [1.82, 2.24) is 0 Å². The minimum Gasteiger partial charge on any atom is -0.492 e. The van der Waals surface area contributed by atoms with Gasteiger partial charge in [-0.25, -0.2) is 0 Å². The summed E-state index contributed by atoms with van der Waals surface area (Å²) in [6.07, 6.45) is 19.1. The molecule has 0 spiro atoms. The van der Waals surface area contributed by atoms with Crippen LogP contribution in [0.4, 0.5) is 0 Å². The molecule has 0 saturated heterocycles. The molecule has 2 aromatic rings. The van der Waals surface area contributed by atoms with E-state index in [9.17, 15) is 39.6 Å². The van der Waals surface area contributed by atoms with Gasteiger partial charge in [-0.15, -0.1) is 0 Å². The minimum atomic E-state index is -1.05. The van der Waals surface area contributed by atoms with Crippen molar-refractivity contribution in [3.8, 4) is 5.75 Å². The smallest absolute Gasteiger partial charge is 0.312 e. The van der Waals surface area contributed by atoms with E-state index < -0.39 is 45.5 Å². The lowest BCUT2D eigenvalue weighted by Gasteiger charge is -2.26. The van der Waals surface area contributed by atoms with Crippen molar-refractivity contribution >= 4 is 23.9 Å². The van der Waals surface area contributed by atoms with Crippen LogP contribution in [-0.2, 0) is 44.9 Å². The second kappa shape index (κ2) is 25.2. The first kappa shape index (κ1) is 52.3. The van der Waals surface area contributed by atoms with E-state index in [-0.39, 0.29) is 6.61 Å². The lowest BCUT2D eigenvalue weighted by molar-refractivity contribution is -0.150. The first-order chi connectivity index (χ1) is 28.1. The van der Waals surface area contributed by atoms with E-state index in [0.717, 1.165) is 127 Å². The van der Waals surface area contributed by atoms with E-state index in [2.05, 4.69) is 31.2 Å². The fourth-order valence-electron chi connectivity index (χ4n) is 7.93. The molecule has 2 aromatic carbocycles. The molecule has 0 radical (unpaired) electrons. The van der Waals surface area contributed by atoms with E-state index in [1.54, 1.807) is 48.5 Å². The number of unbranched alkanes of at least 4 members (excludes halogenated alkanes) is 10. The highest BCUT2D eigenvalue weighted by Gasteiger charge is 2.34. The van der Waals surface area contributed by atoms with Gasteiger partial charge in [0.1, 0.15) is 12.4 Å². The topological polar surface area (TPSA) is 158 Å². The summed E-state index contributed by atoms with van der Waals surface area (Å²) in [5.74, 6) is -2.41. The van der Waals surface area contributed by atoms with Crippen molar-refractivity contribution < 1.29 is 44.3 Å². The number of ether oxygens (including phenoxy) is 1. The van der Waals surface area contributed by atoms with Gasteiger partial charge in [0.05, 0.1) is 21.7 Å². The summed E-state index contributed by atoms with van der Waals surface area (Å²) in [5, 5.41) is 38.8. The maximum Gasteiger partial charge on any atom is 0.312 e. The highest BCUT2D eigenvalue weighted by Crippen LogP contribution is 2.33. The quantitative estimate of drug-likeness (QED) is 0.0513. The van der Waals surface area contributed by atoms with Crippen molar-refractivity contribution in [1.29, 1.82) is 0 Å². The molecule has 2 rings (SSSR count). The fraction of sp³-hybridized carbons (Fsp3) is 0.686. The van der Waals surface area contributed by atoms with Crippen molar-refractivity contribution in [3.63, 3.8) is 0 Å². The van der Waals surface area contributed by atoms with Crippen LogP contribution in [0.5, 0.6) is 5.75 Å². The molecule has 338 valence electrons. The zero-order chi connectivity index (χ0) is 45.0. The number of aliphatic carboxylic acids is 4. The Kier molecular flexibility index (Phi) is 21.9. The number of benzene rings is 2. The van der Waals surface area contributed by atoms with Crippen LogP contribution in [-0.4, -0.2) is 50.9 Å². The Morgan fingerprint density at radius 1 is 0.450 bits per heavy atom. The summed E-state index contributed by atoms with van der Waals surface area (Å²) < 4.78 is 6.46. The predicted molar refractivity (Wildman–Crippen MR) is 241 cm³/mol. The molecule has 9 nitrogen and oxygen atoms in total. The van der Waals surface area contributed by atoms with Gasteiger partial charge in [0, 0.05) is 0 Å². The summed E-state index contributed by atoms with van der Waals surface area (Å²) in [6, 6.07) is 12.6. The van der Waals surface area contributed by atoms with Gasteiger partial charge in [0.15, 0.2) is 0 Å². The number of carboxylic acid groups (broad SMARTS) is 4. The van der Waals surface area contributed by atoms with E-state index in [4.69, 9.17) is 4.74 Å². The second-order valence-corrected chi connectivity index (χ2v) is 19.8. The van der Waals surface area contributed by atoms with Crippen LogP contribution in [0.2, 0.25) is 0 Å². The number of rotatable bonds is 33. The Hall–Kier alpha value is -3.88. The van der Waals surface area contributed by atoms with Crippen LogP contribution in [0.25, 0.3) is 0 Å². The molecule has 0 aliphatic rings. The van der Waals surface area contributed by atoms with Crippen molar-refractivity contribution in [2.45, 2.75) is 197 Å². The zero-order valence-electron chi connectivity index (χ0n) is 38.6. The Morgan fingerprint density at radius 3 is 1.27 bits per heavy atom. The molecule has 60 heavy (non-hydrogen) atoms. The summed E-state index contributed by atoms with van der Waals surface area (Å²) in [6.45, 7) is 14.7. The number of hydrogen-bond donors (Lipinski definition) is 4. The Balaban J connectivity index is 2.01. The molecule has 0 aliphatic carbocycles. The van der Waals surface area contributed by atoms with Crippen LogP contribution >= 0.6 is 0 Å². The van der Waals surface area contributed by atoms with Gasteiger partial charge in [-0.05, 0) is 166 Å². The second-order valence-electron chi connectivity index (χ2n) is 19.8. The molecule has 0 fully saturated rings. The van der Waals surface area contributed by atoms with Crippen molar-refractivity contribution in [3.05, 3.63) is 64.2 Å². The highest BCUT2D eigenvalue weighted by atomic mass is 16.5. The van der Waals surface area contributed by atoms with Gasteiger partial charge >= 0.3 is 23.9 Å². The van der Waals surface area contributed by atoms with Crippen LogP contribution in [0.3, 0.4) is 0 Å². The molecule has 0 bridgehead atoms. The third-order valence-electron chi connectivity index (χ3n) is 12.9. The Bertz CT molecular complexity index is 1660. The molecule has 0 heterocycles. The average Bonchev–Trinajstić information content (AvgIpc) is 3.17. The summed E-state index contributed by atoms with van der Waals surface area (Å²) in [4.78, 5) is 47.2. The SMILES string of the molecule is Cc1cccc(CCCCCC(C)(COc2cccc(CCCCCC(C)(C)C(=O)O)c2CCCCCCC(C)(C)C(=O)O)C(=O)O)c1CCCCCCC(C)(C)C(=O)O. The number of carboxylic acids is 4. The maximum absolute atomic E-state index is 12.7. The number of hydrogen-bond acceptors (Lipinski definition) is 5. The molecule has 1 unspecified atom stereocenters. The number of carbonyl (C=O) groups is 4. The number of aryl methyl sites for hydroxylation is 3. The molecule has 1 atom stereocenters. The Morgan fingerprint density at radius 2 is 0.817 bits per heavy atom. The molecular formula is C51H80O9. The van der Waals surface area contributed by atoms with Gasteiger partial charge in [0.25, 0.3) is 0 Å². The largest absolute Gasteiger partial charge is 0.492 e. The van der Waals surface area contributed by atoms with E-state index in [0.29, 0.717) is 25.7 Å². The Labute approximate surface area is 362 Å². The molecular weight excluding hydrogens is 757 g/mol. The maximum atomic E-state index is 12.7. The summed E-state index contributed by atoms with van der Waals surface area (Å²) in [7, 11) is 0. The highest BCUT2D eigenvalue weighted by molar-refractivity contribution is 5.75. The third kappa shape index (κ3) is 18.0. The van der Waals surface area contributed by atoms with Gasteiger partial charge in [-0.3, -0.25) is 19.2 Å². The molecule has 0 amide bonds. The summed E-state index contributed by atoms with van der Waals surface area (Å²) >= 11 is 0. The third-order valence-corrected chi connectivity index (χ3v) is 12.9. The first-order valence-electron chi connectivity index (χ1n) is 22.9. The van der Waals surface area contributed by atoms with E-state index >= 15 is 0 Å². The standard InChI is InChI=1S/C51H80O9/c1-38-25-23-28-39(41(38)30-17-9-11-19-33-48(2,3)44(52)53)26-16-14-22-36-51(8,47(58)59)37-60-43-32-24-29-40(27-15-13-21-35-50(6,7)46(56)57)42(43)31-18-10-12-20-34-49(4,5)45(54)55/h23-25,28-29,32H,9-22,26-27,30-31,33-37H2,1-8H3,(H,52,53)(H,54,55)(H,56,57)(H,58,59). The lowest BCUT2D eigenvalue weighted by Crippen LogP contribution is -2.34. The van der Waals surface area contributed by atoms with Crippen molar-refractivity contribution in [2.75, 3.05) is 6.61 Å². The monoisotopic (exact) mass is 837 g/mol. The van der Waals surface area contributed by atoms with Gasteiger partial charge < -0.3 is 25.2 Å². The van der Waals surface area contributed by atoms with Crippen LogP contribution in [0.1, 0.15) is 192 Å². The molecule has 0 aromatic heterocycles. The minimum absolute atomic E-state index is 0.0726. The van der Waals surface area contributed by atoms with Crippen molar-refractivity contribution in [2.24, 2.45) is 21.7 Å². The zero-order valence-corrected chi connectivity index (χ0v) is 38.6. The van der Waals surface area contributed by atoms with E-state index in [1.165, 1.54) is 22.3 Å². The average molecular weight is 837 g/mol. The normalized spacial score (nSPS) is 13.2. The fourth-order valence-corrected chi connectivity index (χ4v) is 7.93. The lowest BCUT2D eigenvalue weighted by atomic mass is 9.85. The van der Waals surface area contributed by atoms with Gasteiger partial charge in [0.2, 0.25) is 0 Å². The van der Waals surface area contributed by atoms with Gasteiger partial charge in [-0.1, -0.05) is 94.5 Å².